The highest BCUT2D eigenvalue weighted by Gasteiger charge is 2.72. The smallest absolute Gasteiger partial charge is 0.0712 e. The van der Waals surface area contributed by atoms with Crippen molar-refractivity contribution in [2.45, 2.75) is 241 Å². The standard InChI is InChI=1S/C54H104SSi12/c1-41-37-43(3)49(44(4)38-41)56(58-51(60(7,8)9,61(10,11)12)33-34-52(58,62(13,14)15)63(16,17)18)47-31-32-48(55-47)57(50-45(5)39-42(2)40-46(50)6)59-53(64(19,20)21,65(22,23)24)35-36-54(59,66(25,26)27)67(28,29)30/h31-32,37-40H,33-36H2,1-30H3. The van der Waals surface area contributed by atoms with E-state index in [2.05, 4.69) is 246 Å². The summed E-state index contributed by atoms with van der Waals surface area (Å²) >= 11 is 2.51. The summed E-state index contributed by atoms with van der Waals surface area (Å²) in [6.07, 6.45) is 6.13. The highest BCUT2D eigenvalue weighted by Crippen LogP contribution is 2.70. The van der Waals surface area contributed by atoms with E-state index in [0.29, 0.717) is 17.1 Å². The fourth-order valence-corrected chi connectivity index (χ4v) is 156. The second-order valence-corrected chi connectivity index (χ2v) is 96.0. The Morgan fingerprint density at radius 1 is 0.343 bits per heavy atom. The molecule has 0 spiro atoms. The molecule has 0 unspecified atom stereocenters. The van der Waals surface area contributed by atoms with Gasteiger partial charge in [0.05, 0.1) is 15.8 Å². The predicted molar refractivity (Wildman–Crippen MR) is 343 cm³/mol. The molecule has 0 amide bonds. The molecule has 3 aromatic rings. The van der Waals surface area contributed by atoms with Crippen molar-refractivity contribution in [3.8, 4) is 0 Å². The van der Waals surface area contributed by atoms with Crippen molar-refractivity contribution < 1.29 is 0 Å². The van der Waals surface area contributed by atoms with Gasteiger partial charge in [-0.3, -0.25) is 0 Å². The van der Waals surface area contributed by atoms with Gasteiger partial charge in [-0.05, 0) is 103 Å². The van der Waals surface area contributed by atoms with Crippen LogP contribution in [0.25, 0.3) is 0 Å². The summed E-state index contributed by atoms with van der Waals surface area (Å²) in [6.45, 7) is 84.4. The summed E-state index contributed by atoms with van der Waals surface area (Å²) in [7, 11) is -18.0. The SMILES string of the molecule is Cc1cc(C)c([Si](c2ccc([Si](c3c(C)cc(C)cc3C)=[Si]3C([Si](C)(C)C)([Si](C)(C)C)CCC3([Si](C)(C)C)[Si](C)(C)C)s2)=[Si]2C([Si](C)(C)C)([Si](C)(C)C)CCC2([Si](C)(C)C)[Si](C)(C)C)c(C)c1. The Labute approximate surface area is 434 Å². The van der Waals surface area contributed by atoms with E-state index in [0.717, 1.165) is 0 Å². The molecule has 13 heteroatoms. The quantitative estimate of drug-likeness (QED) is 0.159. The first-order valence-electron chi connectivity index (χ1n) is 26.5. The minimum atomic E-state index is -1.71. The zero-order chi connectivity index (χ0) is 51.9. The van der Waals surface area contributed by atoms with E-state index in [1.807, 2.05) is 19.4 Å². The van der Waals surface area contributed by atoms with Crippen LogP contribution in [0.15, 0.2) is 36.4 Å². The van der Waals surface area contributed by atoms with Gasteiger partial charge in [0.25, 0.3) is 0 Å². The second-order valence-electron chi connectivity index (χ2n) is 30.8. The lowest BCUT2D eigenvalue weighted by molar-refractivity contribution is 0.763. The van der Waals surface area contributed by atoms with Crippen molar-refractivity contribution in [1.82, 2.24) is 0 Å². The van der Waals surface area contributed by atoms with Gasteiger partial charge in [-0.1, -0.05) is 218 Å². The molecule has 0 N–H and O–H groups in total. The lowest BCUT2D eigenvalue weighted by Gasteiger charge is -2.58. The molecule has 2 saturated heterocycles. The molecular weight excluding hydrogens is 1020 g/mol. The molecule has 2 aromatic carbocycles. The Balaban J connectivity index is 2.28. The monoisotopic (exact) mass is 1120 g/mol. The number of hydrogen-bond donors (Lipinski definition) is 0. The average molecular weight is 1120 g/mol. The Morgan fingerprint density at radius 2 is 0.522 bits per heavy atom. The van der Waals surface area contributed by atoms with Crippen LogP contribution in [0.3, 0.4) is 0 Å². The summed E-state index contributed by atoms with van der Waals surface area (Å²) < 4.78 is 6.10. The summed E-state index contributed by atoms with van der Waals surface area (Å²) in [5, 5.41) is 3.76. The highest BCUT2D eigenvalue weighted by atomic mass is 32.1. The van der Waals surface area contributed by atoms with Crippen molar-refractivity contribution in [1.29, 1.82) is 0 Å². The Hall–Kier alpha value is 0.743. The summed E-state index contributed by atoms with van der Waals surface area (Å²) in [5.41, 5.74) is 9.47. The van der Waals surface area contributed by atoms with Gasteiger partial charge < -0.3 is 0 Å². The fourth-order valence-electron chi connectivity index (χ4n) is 17.8. The number of hydrogen-bond acceptors (Lipinski definition) is 1. The number of rotatable bonds is 12. The van der Waals surface area contributed by atoms with Gasteiger partial charge in [0.2, 0.25) is 0 Å². The van der Waals surface area contributed by atoms with E-state index < -0.39 is 96.2 Å². The van der Waals surface area contributed by atoms with Crippen molar-refractivity contribution in [3.63, 3.8) is 0 Å². The molecular formula is C54H104SSi12. The van der Waals surface area contributed by atoms with Gasteiger partial charge in [-0.2, -0.15) is 0 Å². The van der Waals surface area contributed by atoms with E-state index in [1.54, 1.807) is 22.3 Å². The van der Waals surface area contributed by atoms with Gasteiger partial charge in [0.15, 0.2) is 0 Å². The van der Waals surface area contributed by atoms with Crippen LogP contribution in [0.5, 0.6) is 0 Å². The van der Waals surface area contributed by atoms with E-state index >= 15 is 0 Å². The van der Waals surface area contributed by atoms with E-state index in [9.17, 15) is 0 Å². The van der Waals surface area contributed by atoms with Crippen LogP contribution in [0.4, 0.5) is 0 Å². The second kappa shape index (κ2) is 18.2. The largest absolute Gasteiger partial charge is 0.147 e. The minimum Gasteiger partial charge on any atom is -0.147 e. The number of thiophene rings is 1. The predicted octanol–water partition coefficient (Wildman–Crippen LogP) is 15.5. The van der Waals surface area contributed by atoms with Crippen molar-refractivity contribution in [3.05, 3.63) is 69.8 Å². The Morgan fingerprint density at radius 3 is 0.687 bits per heavy atom. The molecule has 2 aliphatic rings. The molecule has 3 heterocycles. The van der Waals surface area contributed by atoms with Crippen LogP contribution in [0.2, 0.25) is 174 Å². The molecule has 2 aliphatic heterocycles. The molecule has 67 heavy (non-hydrogen) atoms. The number of aryl methyl sites for hydroxylation is 6. The van der Waals surface area contributed by atoms with Gasteiger partial charge >= 0.3 is 0 Å². The third kappa shape index (κ3) is 9.06. The number of benzene rings is 2. The van der Waals surface area contributed by atoms with Crippen LogP contribution >= 0.6 is 11.3 Å². The normalized spacial score (nSPS) is 19.4. The van der Waals surface area contributed by atoms with Crippen molar-refractivity contribution >= 4 is 127 Å². The maximum absolute atomic E-state index is 2.93. The maximum atomic E-state index is 2.93. The first-order chi connectivity index (χ1) is 29.8. The molecule has 0 atom stereocenters. The molecule has 0 nitrogen and oxygen atoms in total. The van der Waals surface area contributed by atoms with Crippen LogP contribution in [0, 0.1) is 41.5 Å². The summed E-state index contributed by atoms with van der Waals surface area (Å²) in [5.74, 6) is 0. The molecule has 374 valence electrons. The molecule has 0 radical (unpaired) electrons. The van der Waals surface area contributed by atoms with Gasteiger partial charge in [0.1, 0.15) is 0 Å². The fraction of sp³-hybridized carbons (Fsp3) is 0.704. The molecule has 0 saturated carbocycles. The van der Waals surface area contributed by atoms with Crippen LogP contribution < -0.4 is 19.4 Å². The third-order valence-electron chi connectivity index (χ3n) is 19.2. The average Bonchev–Trinajstić information content (AvgIpc) is 3.81. The van der Waals surface area contributed by atoms with Crippen LogP contribution in [-0.2, 0) is 0 Å². The zero-order valence-corrected chi connectivity index (χ0v) is 62.5. The van der Waals surface area contributed by atoms with Crippen LogP contribution in [0.1, 0.15) is 59.1 Å². The maximum Gasteiger partial charge on any atom is 0.0712 e. The van der Waals surface area contributed by atoms with Crippen LogP contribution in [-0.4, -0.2) is 96.2 Å². The van der Waals surface area contributed by atoms with Gasteiger partial charge in [0, 0.05) is 89.4 Å². The van der Waals surface area contributed by atoms with E-state index in [1.165, 1.54) is 36.8 Å². The van der Waals surface area contributed by atoms with Gasteiger partial charge in [-0.25, -0.2) is 0 Å². The first-order valence-corrected chi connectivity index (χ1v) is 63.4. The molecule has 5 rings (SSSR count). The minimum absolute atomic E-state index is 0.568. The van der Waals surface area contributed by atoms with E-state index in [-0.39, 0.29) is 0 Å². The molecule has 0 aliphatic carbocycles. The molecule has 1 aromatic heterocycles. The molecule has 0 bridgehead atoms. The van der Waals surface area contributed by atoms with Gasteiger partial charge in [-0.15, -0.1) is 11.3 Å². The first kappa shape index (κ1) is 58.6. The summed E-state index contributed by atoms with van der Waals surface area (Å²) in [4.78, 5) is 0. The Kier molecular flexibility index (Phi) is 16.0. The highest BCUT2D eigenvalue weighted by molar-refractivity contribution is 7.44. The zero-order valence-electron chi connectivity index (χ0n) is 49.7. The summed E-state index contributed by atoms with van der Waals surface area (Å²) in [6, 6.07) is 16.4. The van der Waals surface area contributed by atoms with Crippen molar-refractivity contribution in [2.75, 3.05) is 0 Å². The molecule has 2 fully saturated rings. The lowest BCUT2D eigenvalue weighted by Crippen LogP contribution is -2.69. The van der Waals surface area contributed by atoms with Crippen molar-refractivity contribution in [2.24, 2.45) is 0 Å². The van der Waals surface area contributed by atoms with E-state index in [4.69, 9.17) is 0 Å². The topological polar surface area (TPSA) is 0 Å². The Bertz CT molecular complexity index is 2110. The lowest BCUT2D eigenvalue weighted by atomic mass is 10.1. The third-order valence-corrected chi connectivity index (χ3v) is 114.